The SMILES string of the molecule is O=C(CN1CCN(c2ccccc2Cl)CC1)Nc1cccc(CN2CCSCC2)c1. The normalized spacial score (nSPS) is 18.4. The second kappa shape index (κ2) is 10.5. The van der Waals surface area contributed by atoms with Crippen molar-refractivity contribution in [2.24, 2.45) is 0 Å². The van der Waals surface area contributed by atoms with Gasteiger partial charge in [0.2, 0.25) is 5.91 Å². The third-order valence-corrected chi connectivity index (χ3v) is 6.92. The first-order valence-corrected chi connectivity index (χ1v) is 12.1. The minimum absolute atomic E-state index is 0.0488. The van der Waals surface area contributed by atoms with Gasteiger partial charge in [-0.1, -0.05) is 35.9 Å². The van der Waals surface area contributed by atoms with Crippen molar-refractivity contribution in [3.05, 3.63) is 59.1 Å². The van der Waals surface area contributed by atoms with Crippen molar-refractivity contribution in [2.75, 3.05) is 67.5 Å². The number of anilines is 2. The molecule has 0 spiro atoms. The Morgan fingerprint density at radius 1 is 0.933 bits per heavy atom. The first-order chi connectivity index (χ1) is 14.7. The summed E-state index contributed by atoms with van der Waals surface area (Å²) in [5, 5.41) is 3.87. The fourth-order valence-electron chi connectivity index (χ4n) is 4.02. The lowest BCUT2D eigenvalue weighted by Crippen LogP contribution is -2.48. The number of para-hydroxylation sites is 1. The average molecular weight is 445 g/mol. The Balaban J connectivity index is 1.25. The van der Waals surface area contributed by atoms with Crippen molar-refractivity contribution in [3.8, 4) is 0 Å². The van der Waals surface area contributed by atoms with E-state index in [1.54, 1.807) is 0 Å². The van der Waals surface area contributed by atoms with Gasteiger partial charge in [0, 0.05) is 63.0 Å². The zero-order chi connectivity index (χ0) is 20.8. The maximum atomic E-state index is 12.6. The molecule has 7 heteroatoms. The Hall–Kier alpha value is -1.73. The van der Waals surface area contributed by atoms with E-state index in [1.165, 1.54) is 17.1 Å². The number of amides is 1. The monoisotopic (exact) mass is 444 g/mol. The highest BCUT2D eigenvalue weighted by Gasteiger charge is 2.20. The number of hydrogen-bond acceptors (Lipinski definition) is 5. The molecular formula is C23H29ClN4OS. The molecule has 2 aromatic carbocycles. The van der Waals surface area contributed by atoms with Crippen LogP contribution in [0.3, 0.4) is 0 Å². The zero-order valence-electron chi connectivity index (χ0n) is 17.2. The van der Waals surface area contributed by atoms with Gasteiger partial charge >= 0.3 is 0 Å². The number of halogens is 1. The van der Waals surface area contributed by atoms with Gasteiger partial charge in [-0.2, -0.15) is 11.8 Å². The summed E-state index contributed by atoms with van der Waals surface area (Å²) in [6, 6.07) is 16.2. The van der Waals surface area contributed by atoms with E-state index < -0.39 is 0 Å². The predicted octanol–water partition coefficient (Wildman–Crippen LogP) is 3.65. The fourth-order valence-corrected chi connectivity index (χ4v) is 5.26. The molecule has 160 valence electrons. The number of rotatable bonds is 6. The third kappa shape index (κ3) is 5.91. The number of thioether (sulfide) groups is 1. The summed E-state index contributed by atoms with van der Waals surface area (Å²) in [6.45, 7) is 7.11. The van der Waals surface area contributed by atoms with E-state index in [-0.39, 0.29) is 5.91 Å². The molecule has 0 aromatic heterocycles. The summed E-state index contributed by atoms with van der Waals surface area (Å²) in [5.74, 6) is 2.47. The van der Waals surface area contributed by atoms with Crippen molar-refractivity contribution in [2.45, 2.75) is 6.54 Å². The van der Waals surface area contributed by atoms with E-state index in [9.17, 15) is 4.79 Å². The Labute approximate surface area is 188 Å². The maximum Gasteiger partial charge on any atom is 0.238 e. The van der Waals surface area contributed by atoms with Crippen molar-refractivity contribution in [1.29, 1.82) is 0 Å². The highest BCUT2D eigenvalue weighted by Crippen LogP contribution is 2.26. The maximum absolute atomic E-state index is 12.6. The van der Waals surface area contributed by atoms with E-state index in [2.05, 4.69) is 38.2 Å². The van der Waals surface area contributed by atoms with E-state index in [0.29, 0.717) is 6.54 Å². The number of carbonyl (C=O) groups excluding carboxylic acids is 1. The van der Waals surface area contributed by atoms with E-state index >= 15 is 0 Å². The molecule has 0 radical (unpaired) electrons. The molecule has 2 saturated heterocycles. The molecule has 4 rings (SSSR count). The van der Waals surface area contributed by atoms with Crippen molar-refractivity contribution in [3.63, 3.8) is 0 Å². The Morgan fingerprint density at radius 3 is 2.47 bits per heavy atom. The van der Waals surface area contributed by atoms with Gasteiger partial charge in [0.05, 0.1) is 17.3 Å². The molecule has 0 unspecified atom stereocenters. The topological polar surface area (TPSA) is 38.8 Å². The highest BCUT2D eigenvalue weighted by atomic mass is 35.5. The van der Waals surface area contributed by atoms with Gasteiger partial charge in [-0.05, 0) is 29.8 Å². The van der Waals surface area contributed by atoms with Crippen LogP contribution in [0.15, 0.2) is 48.5 Å². The number of benzene rings is 2. The molecule has 0 atom stereocenters. The van der Waals surface area contributed by atoms with Crippen LogP contribution in [0.4, 0.5) is 11.4 Å². The summed E-state index contributed by atoms with van der Waals surface area (Å²) >= 11 is 8.34. The fraction of sp³-hybridized carbons (Fsp3) is 0.435. The molecule has 2 aliphatic rings. The van der Waals surface area contributed by atoms with Crippen LogP contribution in [0.2, 0.25) is 5.02 Å². The average Bonchev–Trinajstić information content (AvgIpc) is 2.76. The van der Waals surface area contributed by atoms with Crippen molar-refractivity contribution < 1.29 is 4.79 Å². The summed E-state index contributed by atoms with van der Waals surface area (Å²) in [4.78, 5) is 19.6. The molecule has 1 N–H and O–H groups in total. The summed E-state index contributed by atoms with van der Waals surface area (Å²) < 4.78 is 0. The largest absolute Gasteiger partial charge is 0.368 e. The molecule has 2 aliphatic heterocycles. The number of nitrogens with zero attached hydrogens (tertiary/aromatic N) is 3. The number of piperazine rings is 1. The zero-order valence-corrected chi connectivity index (χ0v) is 18.8. The van der Waals surface area contributed by atoms with E-state index in [1.807, 2.05) is 42.1 Å². The minimum atomic E-state index is 0.0488. The Morgan fingerprint density at radius 2 is 1.70 bits per heavy atom. The lowest BCUT2D eigenvalue weighted by Gasteiger charge is -2.36. The van der Waals surface area contributed by atoms with E-state index in [0.717, 1.165) is 62.2 Å². The first kappa shape index (κ1) is 21.5. The van der Waals surface area contributed by atoms with Gasteiger partial charge in [-0.25, -0.2) is 0 Å². The second-order valence-corrected chi connectivity index (χ2v) is 9.48. The summed E-state index contributed by atoms with van der Waals surface area (Å²) in [5.41, 5.74) is 3.22. The Bertz CT molecular complexity index is 851. The second-order valence-electron chi connectivity index (χ2n) is 7.85. The van der Waals surface area contributed by atoms with Crippen LogP contribution < -0.4 is 10.2 Å². The van der Waals surface area contributed by atoms with Crippen LogP contribution in [0.25, 0.3) is 0 Å². The summed E-state index contributed by atoms with van der Waals surface area (Å²) in [7, 11) is 0. The molecule has 30 heavy (non-hydrogen) atoms. The van der Waals surface area contributed by atoms with Crippen LogP contribution in [-0.4, -0.2) is 73.0 Å². The molecule has 2 heterocycles. The molecule has 1 amide bonds. The predicted molar refractivity (Wildman–Crippen MR) is 128 cm³/mol. The third-order valence-electron chi connectivity index (χ3n) is 5.65. The summed E-state index contributed by atoms with van der Waals surface area (Å²) in [6.07, 6.45) is 0. The van der Waals surface area contributed by atoms with Crippen LogP contribution >= 0.6 is 23.4 Å². The number of nitrogens with one attached hydrogen (secondary N) is 1. The van der Waals surface area contributed by atoms with Crippen LogP contribution in [0, 0.1) is 0 Å². The molecular weight excluding hydrogens is 416 g/mol. The smallest absolute Gasteiger partial charge is 0.238 e. The van der Waals surface area contributed by atoms with Gasteiger partial charge in [-0.3, -0.25) is 14.6 Å². The molecule has 0 bridgehead atoms. The van der Waals surface area contributed by atoms with Crippen molar-refractivity contribution in [1.82, 2.24) is 9.80 Å². The minimum Gasteiger partial charge on any atom is -0.368 e. The number of hydrogen-bond donors (Lipinski definition) is 1. The van der Waals surface area contributed by atoms with Gasteiger partial charge in [0.1, 0.15) is 0 Å². The lowest BCUT2D eigenvalue weighted by atomic mass is 10.2. The van der Waals surface area contributed by atoms with Gasteiger partial charge < -0.3 is 10.2 Å². The molecule has 0 aliphatic carbocycles. The quantitative estimate of drug-likeness (QED) is 0.736. The van der Waals surface area contributed by atoms with Crippen LogP contribution in [0.1, 0.15) is 5.56 Å². The highest BCUT2D eigenvalue weighted by molar-refractivity contribution is 7.99. The van der Waals surface area contributed by atoms with Crippen molar-refractivity contribution >= 4 is 40.6 Å². The van der Waals surface area contributed by atoms with Crippen LogP contribution in [-0.2, 0) is 11.3 Å². The number of carbonyl (C=O) groups is 1. The van der Waals surface area contributed by atoms with E-state index in [4.69, 9.17) is 11.6 Å². The lowest BCUT2D eigenvalue weighted by molar-refractivity contribution is -0.117. The van der Waals surface area contributed by atoms with Gasteiger partial charge in [0.15, 0.2) is 0 Å². The van der Waals surface area contributed by atoms with Gasteiger partial charge in [-0.15, -0.1) is 0 Å². The standard InChI is InChI=1S/C23H29ClN4OS/c24-21-6-1-2-7-22(21)28-10-8-26(9-11-28)18-23(29)25-20-5-3-4-19(16-20)17-27-12-14-30-15-13-27/h1-7,16H,8-15,17-18H2,(H,25,29). The Kier molecular flexibility index (Phi) is 7.55. The molecule has 2 aromatic rings. The molecule has 5 nitrogen and oxygen atoms in total. The molecule has 2 fully saturated rings. The first-order valence-electron chi connectivity index (χ1n) is 10.6. The molecule has 0 saturated carbocycles. The van der Waals surface area contributed by atoms with Gasteiger partial charge in [0.25, 0.3) is 0 Å². The van der Waals surface area contributed by atoms with Crippen LogP contribution in [0.5, 0.6) is 0 Å².